The van der Waals surface area contributed by atoms with Gasteiger partial charge in [-0.05, 0) is 107 Å². The summed E-state index contributed by atoms with van der Waals surface area (Å²) in [6, 6.07) is 52.1. The maximum absolute atomic E-state index is 2.48. The van der Waals surface area contributed by atoms with Gasteiger partial charge < -0.3 is 0 Å². The average Bonchev–Trinajstić information content (AvgIpc) is 3.39. The Morgan fingerprint density at radius 2 is 0.864 bits per heavy atom. The van der Waals surface area contributed by atoms with Crippen LogP contribution in [0.25, 0.3) is 77.2 Å². The molecular weight excluding hydrogens is 549 g/mol. The zero-order chi connectivity index (χ0) is 30.1. The summed E-state index contributed by atoms with van der Waals surface area (Å²) in [6.07, 6.45) is 7.44. The van der Waals surface area contributed by atoms with E-state index in [-0.39, 0.29) is 0 Å². The highest BCUT2D eigenvalue weighted by molar-refractivity contribution is 8.48. The summed E-state index contributed by atoms with van der Waals surface area (Å²) in [5.74, 6) is 1.21. The number of thiol groups is 1. The van der Waals surface area contributed by atoms with Gasteiger partial charge in [-0.25, -0.2) is 0 Å². The van der Waals surface area contributed by atoms with Gasteiger partial charge in [0.1, 0.15) is 0 Å². The molecule has 0 amide bonds. The number of hydrogen-bond donors (Lipinski definition) is 1. The lowest BCUT2D eigenvalue weighted by Gasteiger charge is -2.51. The molecule has 1 aliphatic rings. The lowest BCUT2D eigenvalue weighted by atomic mass is 9.82. The van der Waals surface area contributed by atoms with Crippen LogP contribution in [0.15, 0.2) is 144 Å². The standard InChI is InChI=1S/C43H38S/c1-5-44(2,3,4)32-25-23-29(24-26-32)33-27-28-38-41-34(33)21-14-22-37(41)42-39(30-15-8-6-9-16-30)35-19-12-13-20-36(35)40(43(38)42)31-17-10-7-11-18-31/h6-28,44H,5H2,1-4H3. The second-order valence-corrected chi connectivity index (χ2v) is 21.0. The van der Waals surface area contributed by atoms with Crippen molar-refractivity contribution in [1.82, 2.24) is 0 Å². The van der Waals surface area contributed by atoms with Crippen molar-refractivity contribution >= 4 is 30.7 Å². The Bertz CT molecular complexity index is 2120. The topological polar surface area (TPSA) is 0 Å². The first kappa shape index (κ1) is 27.0. The number of rotatable bonds is 5. The third-order valence-corrected chi connectivity index (χ3v) is 14.6. The lowest BCUT2D eigenvalue weighted by Crippen LogP contribution is -2.15. The molecule has 216 valence electrons. The highest BCUT2D eigenvalue weighted by atomic mass is 32.3. The Balaban J connectivity index is 1.46. The van der Waals surface area contributed by atoms with Crippen molar-refractivity contribution in [3.05, 3.63) is 140 Å². The molecule has 0 atom stereocenters. The third kappa shape index (κ3) is 4.00. The van der Waals surface area contributed by atoms with E-state index in [1.165, 1.54) is 87.8 Å². The van der Waals surface area contributed by atoms with Crippen LogP contribution >= 0.6 is 9.16 Å². The molecule has 0 aromatic heterocycles. The van der Waals surface area contributed by atoms with Crippen LogP contribution in [-0.4, -0.2) is 24.5 Å². The zero-order valence-electron chi connectivity index (χ0n) is 25.9. The first-order chi connectivity index (χ1) is 21.3. The minimum absolute atomic E-state index is 1.21. The molecule has 0 heterocycles. The van der Waals surface area contributed by atoms with E-state index in [4.69, 9.17) is 0 Å². The van der Waals surface area contributed by atoms with Gasteiger partial charge in [0.2, 0.25) is 0 Å². The Morgan fingerprint density at radius 3 is 1.41 bits per heavy atom. The van der Waals surface area contributed by atoms with Crippen molar-refractivity contribution in [3.8, 4) is 55.6 Å². The van der Waals surface area contributed by atoms with Gasteiger partial charge in [-0.15, -0.1) is 0 Å². The smallest absolute Gasteiger partial charge is 0.000741 e. The Morgan fingerprint density at radius 1 is 0.386 bits per heavy atom. The van der Waals surface area contributed by atoms with Crippen molar-refractivity contribution in [2.75, 3.05) is 24.5 Å². The maximum Gasteiger partial charge on any atom is -0.000741 e. The van der Waals surface area contributed by atoms with Crippen LogP contribution in [0.2, 0.25) is 0 Å². The van der Waals surface area contributed by atoms with Crippen LogP contribution < -0.4 is 0 Å². The molecule has 0 unspecified atom stereocenters. The fraction of sp³-hybridized carbons (Fsp3) is 0.116. The van der Waals surface area contributed by atoms with Gasteiger partial charge in [0, 0.05) is 0 Å². The highest BCUT2D eigenvalue weighted by Crippen LogP contribution is 2.66. The van der Waals surface area contributed by atoms with Gasteiger partial charge in [0.05, 0.1) is 0 Å². The highest BCUT2D eigenvalue weighted by Gasteiger charge is 2.31. The molecule has 0 fully saturated rings. The van der Waals surface area contributed by atoms with E-state index in [1.54, 1.807) is 0 Å². The summed E-state index contributed by atoms with van der Waals surface area (Å²) < 4.78 is 0. The molecule has 0 spiro atoms. The normalized spacial score (nSPS) is 13.1. The van der Waals surface area contributed by atoms with Crippen LogP contribution in [0.4, 0.5) is 0 Å². The first-order valence-electron chi connectivity index (χ1n) is 15.7. The van der Waals surface area contributed by atoms with E-state index in [0.29, 0.717) is 0 Å². The predicted octanol–water partition coefficient (Wildman–Crippen LogP) is 12.0. The number of fused-ring (bicyclic) bond motifs is 4. The summed E-state index contributed by atoms with van der Waals surface area (Å²) >= 11 is 0. The quantitative estimate of drug-likeness (QED) is 0.191. The fourth-order valence-corrected chi connectivity index (χ4v) is 8.86. The summed E-state index contributed by atoms with van der Waals surface area (Å²) in [4.78, 5) is 1.51. The summed E-state index contributed by atoms with van der Waals surface area (Å²) in [5.41, 5.74) is 13.1. The monoisotopic (exact) mass is 586 g/mol. The van der Waals surface area contributed by atoms with E-state index in [9.17, 15) is 0 Å². The number of benzene rings is 7. The van der Waals surface area contributed by atoms with Crippen molar-refractivity contribution in [1.29, 1.82) is 0 Å². The Labute approximate surface area is 261 Å². The van der Waals surface area contributed by atoms with Gasteiger partial charge in [-0.1, -0.05) is 146 Å². The summed E-state index contributed by atoms with van der Waals surface area (Å²) in [7, 11) is -1.86. The maximum atomic E-state index is 2.48. The molecule has 0 bridgehead atoms. The van der Waals surface area contributed by atoms with Gasteiger partial charge in [0.15, 0.2) is 0 Å². The van der Waals surface area contributed by atoms with Gasteiger partial charge in [0.25, 0.3) is 0 Å². The molecule has 7 aromatic rings. The minimum atomic E-state index is -1.86. The van der Waals surface area contributed by atoms with E-state index in [1.807, 2.05) is 0 Å². The largest absolute Gasteiger partial charge is 0.269 e. The zero-order valence-corrected chi connectivity index (χ0v) is 26.8. The molecular formula is C43H38S. The van der Waals surface area contributed by atoms with E-state index in [2.05, 4.69) is 165 Å². The molecule has 7 aromatic carbocycles. The number of hydrogen-bond acceptors (Lipinski definition) is 0. The fourth-order valence-electron chi connectivity index (χ4n) is 7.24. The summed E-state index contributed by atoms with van der Waals surface area (Å²) in [6.45, 7) is 2.34. The van der Waals surface area contributed by atoms with Gasteiger partial charge >= 0.3 is 0 Å². The lowest BCUT2D eigenvalue weighted by molar-refractivity contribution is 1.35. The Kier molecular flexibility index (Phi) is 5.96. The van der Waals surface area contributed by atoms with Crippen LogP contribution in [0.5, 0.6) is 0 Å². The van der Waals surface area contributed by atoms with E-state index in [0.717, 1.165) is 0 Å². The molecule has 0 radical (unpaired) electrons. The van der Waals surface area contributed by atoms with Crippen molar-refractivity contribution in [2.45, 2.75) is 11.8 Å². The molecule has 0 aliphatic heterocycles. The van der Waals surface area contributed by atoms with Gasteiger partial charge in [-0.3, -0.25) is 9.16 Å². The molecule has 0 nitrogen and oxygen atoms in total. The first-order valence-corrected chi connectivity index (χ1v) is 19.5. The molecule has 1 heteroatoms. The molecule has 44 heavy (non-hydrogen) atoms. The molecule has 1 aliphatic carbocycles. The van der Waals surface area contributed by atoms with Crippen molar-refractivity contribution in [2.24, 2.45) is 0 Å². The van der Waals surface area contributed by atoms with Gasteiger partial charge in [-0.2, -0.15) is 0 Å². The third-order valence-electron chi connectivity index (χ3n) is 10.2. The van der Waals surface area contributed by atoms with Crippen LogP contribution in [0.3, 0.4) is 0 Å². The molecule has 0 N–H and O–H groups in total. The average molecular weight is 587 g/mol. The van der Waals surface area contributed by atoms with Crippen molar-refractivity contribution in [3.63, 3.8) is 0 Å². The molecule has 8 rings (SSSR count). The van der Waals surface area contributed by atoms with Crippen LogP contribution in [-0.2, 0) is 0 Å². The Hall–Kier alpha value is -4.59. The van der Waals surface area contributed by atoms with Crippen LogP contribution in [0.1, 0.15) is 6.92 Å². The second kappa shape index (κ2) is 9.71. The van der Waals surface area contributed by atoms with Crippen molar-refractivity contribution < 1.29 is 0 Å². The minimum Gasteiger partial charge on any atom is -0.269 e. The molecule has 0 saturated carbocycles. The predicted molar refractivity (Wildman–Crippen MR) is 198 cm³/mol. The van der Waals surface area contributed by atoms with Crippen LogP contribution in [0, 0.1) is 0 Å². The summed E-state index contributed by atoms with van der Waals surface area (Å²) in [5, 5.41) is 5.28. The second-order valence-electron chi connectivity index (χ2n) is 13.6. The van der Waals surface area contributed by atoms with E-state index >= 15 is 0 Å². The SMILES string of the molecule is CC[SH](C)(C)(C)c1ccc(-c2ccc3c4c(cccc24)-c2c-3c(-c3ccccc3)c3ccccc3c2-c2ccccc2)cc1. The van der Waals surface area contributed by atoms with E-state index < -0.39 is 9.16 Å². The molecule has 0 saturated heterocycles.